The van der Waals surface area contributed by atoms with Crippen molar-refractivity contribution in [2.24, 2.45) is 0 Å². The SMILES string of the molecule is CCOC(=O)NS(=O)(=O)NC(CC)CCCl. The fourth-order valence-electron chi connectivity index (χ4n) is 0.997. The third-order valence-corrected chi connectivity index (χ3v) is 3.06. The van der Waals surface area contributed by atoms with Crippen molar-refractivity contribution >= 4 is 27.9 Å². The van der Waals surface area contributed by atoms with Crippen molar-refractivity contribution < 1.29 is 17.9 Å². The molecule has 0 bridgehead atoms. The lowest BCUT2D eigenvalue weighted by atomic mass is 10.2. The van der Waals surface area contributed by atoms with E-state index in [0.717, 1.165) is 0 Å². The number of hydrogen-bond donors (Lipinski definition) is 2. The summed E-state index contributed by atoms with van der Waals surface area (Å²) in [6.45, 7) is 3.52. The Balaban J connectivity index is 4.27. The number of halogens is 1. The fourth-order valence-corrected chi connectivity index (χ4v) is 2.32. The molecule has 0 aromatic carbocycles. The second-order valence-corrected chi connectivity index (χ2v) is 4.85. The number of alkyl halides is 1. The average Bonchev–Trinajstić information content (AvgIpc) is 2.16. The molecule has 0 radical (unpaired) electrons. The van der Waals surface area contributed by atoms with E-state index in [9.17, 15) is 13.2 Å². The highest BCUT2D eigenvalue weighted by atomic mass is 35.5. The van der Waals surface area contributed by atoms with Crippen molar-refractivity contribution in [1.82, 2.24) is 9.44 Å². The topological polar surface area (TPSA) is 84.5 Å². The molecule has 0 saturated carbocycles. The first-order valence-corrected chi connectivity index (χ1v) is 6.99. The van der Waals surface area contributed by atoms with Gasteiger partial charge in [0.1, 0.15) is 0 Å². The number of amides is 1. The van der Waals surface area contributed by atoms with Gasteiger partial charge in [-0.3, -0.25) is 0 Å². The zero-order valence-corrected chi connectivity index (χ0v) is 10.9. The van der Waals surface area contributed by atoms with E-state index in [1.54, 1.807) is 11.6 Å². The Bertz CT molecular complexity index is 307. The summed E-state index contributed by atoms with van der Waals surface area (Å²) < 4.78 is 31.3. The van der Waals surface area contributed by atoms with Crippen molar-refractivity contribution in [2.45, 2.75) is 32.7 Å². The van der Waals surface area contributed by atoms with Gasteiger partial charge in [-0.25, -0.2) is 9.52 Å². The Morgan fingerprint density at radius 3 is 2.50 bits per heavy atom. The molecule has 0 aromatic heterocycles. The van der Waals surface area contributed by atoms with Crippen molar-refractivity contribution in [3.05, 3.63) is 0 Å². The molecule has 0 saturated heterocycles. The molecule has 0 aliphatic rings. The fraction of sp³-hybridized carbons (Fsp3) is 0.875. The Kier molecular flexibility index (Phi) is 7.44. The van der Waals surface area contributed by atoms with Gasteiger partial charge in [-0.1, -0.05) is 6.92 Å². The van der Waals surface area contributed by atoms with Crippen LogP contribution in [-0.2, 0) is 14.9 Å². The monoisotopic (exact) mass is 272 g/mol. The summed E-state index contributed by atoms with van der Waals surface area (Å²) in [5.41, 5.74) is 0. The summed E-state index contributed by atoms with van der Waals surface area (Å²) in [5.74, 6) is 0.348. The Hall–Kier alpha value is -0.530. The first-order chi connectivity index (χ1) is 7.45. The van der Waals surface area contributed by atoms with Crippen molar-refractivity contribution in [3.8, 4) is 0 Å². The lowest BCUT2D eigenvalue weighted by molar-refractivity contribution is 0.158. The first-order valence-electron chi connectivity index (χ1n) is 4.98. The van der Waals surface area contributed by atoms with Crippen LogP contribution < -0.4 is 9.44 Å². The van der Waals surface area contributed by atoms with Crippen LogP contribution in [0.15, 0.2) is 0 Å². The minimum atomic E-state index is -3.87. The second-order valence-electron chi connectivity index (χ2n) is 3.03. The Morgan fingerprint density at radius 2 is 2.06 bits per heavy atom. The number of ether oxygens (including phenoxy) is 1. The van der Waals surface area contributed by atoms with Crippen LogP contribution in [0.25, 0.3) is 0 Å². The van der Waals surface area contributed by atoms with Crippen LogP contribution in [0.1, 0.15) is 26.7 Å². The molecule has 8 heteroatoms. The molecular weight excluding hydrogens is 256 g/mol. The van der Waals surface area contributed by atoms with Crippen molar-refractivity contribution in [1.29, 1.82) is 0 Å². The predicted molar refractivity (Wildman–Crippen MR) is 61.6 cm³/mol. The molecule has 0 aliphatic heterocycles. The standard InChI is InChI=1S/C8H17ClN2O4S/c1-3-7(5-6-9)10-16(13,14)11-8(12)15-4-2/h7,10H,3-6H2,1-2H3,(H,11,12). The summed E-state index contributed by atoms with van der Waals surface area (Å²) in [5, 5.41) is 0. The van der Waals surface area contributed by atoms with Gasteiger partial charge >= 0.3 is 16.3 Å². The van der Waals surface area contributed by atoms with Gasteiger partial charge in [0.2, 0.25) is 0 Å². The molecule has 0 aromatic rings. The van der Waals surface area contributed by atoms with Crippen LogP contribution in [0, 0.1) is 0 Å². The van der Waals surface area contributed by atoms with E-state index in [-0.39, 0.29) is 12.6 Å². The number of nitrogens with one attached hydrogen (secondary N) is 2. The molecule has 2 N–H and O–H groups in total. The van der Waals surface area contributed by atoms with E-state index >= 15 is 0 Å². The van der Waals surface area contributed by atoms with Crippen LogP contribution in [0.3, 0.4) is 0 Å². The molecule has 6 nitrogen and oxygen atoms in total. The molecular formula is C8H17ClN2O4S. The van der Waals surface area contributed by atoms with Crippen LogP contribution in [0.4, 0.5) is 4.79 Å². The molecule has 1 atom stereocenters. The number of carbonyl (C=O) groups excluding carboxylic acids is 1. The summed E-state index contributed by atoms with van der Waals surface area (Å²) in [6, 6.07) is -0.288. The van der Waals surface area contributed by atoms with Crippen molar-refractivity contribution in [2.75, 3.05) is 12.5 Å². The van der Waals surface area contributed by atoms with E-state index in [4.69, 9.17) is 11.6 Å². The van der Waals surface area contributed by atoms with E-state index in [1.165, 1.54) is 0 Å². The van der Waals surface area contributed by atoms with Crippen LogP contribution in [-0.4, -0.2) is 33.0 Å². The van der Waals surface area contributed by atoms with Gasteiger partial charge in [-0.2, -0.15) is 13.1 Å². The highest BCUT2D eigenvalue weighted by Crippen LogP contribution is 2.00. The molecule has 0 aliphatic carbocycles. The molecule has 0 fully saturated rings. The van der Waals surface area contributed by atoms with Gasteiger partial charge in [0.05, 0.1) is 6.61 Å². The smallest absolute Gasteiger partial charge is 0.421 e. The van der Waals surface area contributed by atoms with Crippen molar-refractivity contribution in [3.63, 3.8) is 0 Å². The predicted octanol–water partition coefficient (Wildman–Crippen LogP) is 0.974. The minimum absolute atomic E-state index is 0.111. The maximum atomic E-state index is 11.4. The molecule has 0 heterocycles. The normalized spacial score (nSPS) is 13.2. The van der Waals surface area contributed by atoms with E-state index in [2.05, 4.69) is 9.46 Å². The zero-order chi connectivity index (χ0) is 12.6. The maximum Gasteiger partial charge on any atom is 0.421 e. The summed E-state index contributed by atoms with van der Waals surface area (Å²) in [4.78, 5) is 10.9. The van der Waals surface area contributed by atoms with Gasteiger partial charge in [0.15, 0.2) is 0 Å². The quantitative estimate of drug-likeness (QED) is 0.677. The molecule has 16 heavy (non-hydrogen) atoms. The lowest BCUT2D eigenvalue weighted by Crippen LogP contribution is -2.45. The molecule has 96 valence electrons. The first kappa shape index (κ1) is 15.5. The highest BCUT2D eigenvalue weighted by molar-refractivity contribution is 7.88. The van der Waals surface area contributed by atoms with Crippen LogP contribution >= 0.6 is 11.6 Å². The largest absolute Gasteiger partial charge is 0.449 e. The van der Waals surface area contributed by atoms with Gasteiger partial charge < -0.3 is 4.74 Å². The van der Waals surface area contributed by atoms with Crippen LogP contribution in [0.5, 0.6) is 0 Å². The number of hydrogen-bond acceptors (Lipinski definition) is 4. The minimum Gasteiger partial charge on any atom is -0.449 e. The van der Waals surface area contributed by atoms with Gasteiger partial charge in [-0.15, -0.1) is 11.6 Å². The number of carbonyl (C=O) groups is 1. The highest BCUT2D eigenvalue weighted by Gasteiger charge is 2.18. The van der Waals surface area contributed by atoms with Gasteiger partial charge in [0.25, 0.3) is 0 Å². The van der Waals surface area contributed by atoms with Gasteiger partial charge in [0, 0.05) is 11.9 Å². The Morgan fingerprint density at radius 1 is 1.44 bits per heavy atom. The molecule has 0 rings (SSSR count). The number of rotatable bonds is 7. The third-order valence-electron chi connectivity index (χ3n) is 1.77. The zero-order valence-electron chi connectivity index (χ0n) is 9.32. The van der Waals surface area contributed by atoms with Gasteiger partial charge in [-0.05, 0) is 19.8 Å². The summed E-state index contributed by atoms with van der Waals surface area (Å²) in [7, 11) is -3.87. The molecule has 0 spiro atoms. The second kappa shape index (κ2) is 7.70. The molecule has 1 unspecified atom stereocenters. The summed E-state index contributed by atoms with van der Waals surface area (Å²) in [6.07, 6.45) is 0.105. The molecule has 1 amide bonds. The van der Waals surface area contributed by atoms with E-state index in [0.29, 0.717) is 18.7 Å². The third kappa shape index (κ3) is 6.86. The summed E-state index contributed by atoms with van der Waals surface area (Å²) >= 11 is 5.51. The van der Waals surface area contributed by atoms with E-state index in [1.807, 2.05) is 6.92 Å². The van der Waals surface area contributed by atoms with E-state index < -0.39 is 16.3 Å². The lowest BCUT2D eigenvalue weighted by Gasteiger charge is -2.15. The van der Waals surface area contributed by atoms with Crippen LogP contribution in [0.2, 0.25) is 0 Å². The average molecular weight is 273 g/mol. The maximum absolute atomic E-state index is 11.4. The Labute approximate surface area is 101 Å².